The van der Waals surface area contributed by atoms with E-state index in [1.54, 1.807) is 0 Å². The summed E-state index contributed by atoms with van der Waals surface area (Å²) >= 11 is 0. The van der Waals surface area contributed by atoms with E-state index in [9.17, 15) is 4.79 Å². The monoisotopic (exact) mass is 287 g/mol. The number of nitrogens with zero attached hydrogens (tertiary/aromatic N) is 3. The Hall–Kier alpha value is -2.34. The van der Waals surface area contributed by atoms with E-state index in [1.807, 2.05) is 24.3 Å². The van der Waals surface area contributed by atoms with Crippen LogP contribution < -0.4 is 4.90 Å². The molecule has 2 aromatic rings. The summed E-state index contributed by atoms with van der Waals surface area (Å²) in [5.41, 5.74) is 1.86. The second-order valence-corrected chi connectivity index (χ2v) is 5.19. The van der Waals surface area contributed by atoms with E-state index in [0.29, 0.717) is 5.76 Å². The summed E-state index contributed by atoms with van der Waals surface area (Å²) in [6.07, 6.45) is 0. The summed E-state index contributed by atoms with van der Waals surface area (Å²) in [6, 6.07) is 9.32. The van der Waals surface area contributed by atoms with Crippen molar-refractivity contribution in [1.29, 1.82) is 0 Å². The largest absolute Gasteiger partial charge is 0.476 e. The van der Waals surface area contributed by atoms with Gasteiger partial charge in [0.05, 0.1) is 0 Å². The van der Waals surface area contributed by atoms with Gasteiger partial charge in [-0.2, -0.15) is 0 Å². The molecule has 110 valence electrons. The predicted octanol–water partition coefficient (Wildman–Crippen LogP) is 1.79. The zero-order chi connectivity index (χ0) is 14.8. The number of anilines is 1. The summed E-state index contributed by atoms with van der Waals surface area (Å²) in [6.45, 7) is 3.89. The van der Waals surface area contributed by atoms with Crippen LogP contribution in [-0.4, -0.2) is 54.4 Å². The van der Waals surface area contributed by atoms with Gasteiger partial charge in [0, 0.05) is 43.5 Å². The Balaban J connectivity index is 1.93. The average Bonchev–Trinajstić information content (AvgIpc) is 2.98. The molecule has 0 unspecified atom stereocenters. The van der Waals surface area contributed by atoms with Crippen LogP contribution in [-0.2, 0) is 0 Å². The van der Waals surface area contributed by atoms with Crippen molar-refractivity contribution < 1.29 is 14.4 Å². The molecule has 1 fully saturated rings. The van der Waals surface area contributed by atoms with Gasteiger partial charge in [-0.05, 0) is 19.2 Å². The summed E-state index contributed by atoms with van der Waals surface area (Å²) in [5.74, 6) is -0.594. The lowest BCUT2D eigenvalue weighted by Crippen LogP contribution is -2.44. The highest BCUT2D eigenvalue weighted by atomic mass is 16.5. The number of hydrogen-bond donors (Lipinski definition) is 1. The molecule has 1 aromatic heterocycles. The van der Waals surface area contributed by atoms with Crippen LogP contribution in [0.1, 0.15) is 10.5 Å². The molecule has 1 aromatic carbocycles. The molecule has 6 heteroatoms. The molecule has 1 N–H and O–H groups in total. The lowest BCUT2D eigenvalue weighted by Gasteiger charge is -2.34. The molecule has 3 rings (SSSR count). The van der Waals surface area contributed by atoms with Crippen molar-refractivity contribution in [3.05, 3.63) is 36.0 Å². The Bertz CT molecular complexity index is 645. The van der Waals surface area contributed by atoms with Crippen molar-refractivity contribution in [1.82, 2.24) is 10.1 Å². The molecule has 1 saturated heterocycles. The van der Waals surface area contributed by atoms with E-state index >= 15 is 0 Å². The average molecular weight is 287 g/mol. The van der Waals surface area contributed by atoms with Gasteiger partial charge in [-0.3, -0.25) is 0 Å². The minimum Gasteiger partial charge on any atom is -0.476 e. The number of aromatic nitrogens is 1. The fraction of sp³-hybridized carbons (Fsp3) is 0.333. The van der Waals surface area contributed by atoms with Crippen LogP contribution >= 0.6 is 0 Å². The van der Waals surface area contributed by atoms with Gasteiger partial charge in [0.1, 0.15) is 0 Å². The topological polar surface area (TPSA) is 69.8 Å². The number of likely N-dealkylation sites (N-methyl/N-ethyl adjacent to an activating group) is 1. The standard InChI is InChI=1S/C15H17N3O3/c1-17-6-8-18(9-7-17)13-5-3-2-4-11(13)14-10-12(15(19)20)16-21-14/h2-5,10H,6-9H2,1H3,(H,19,20). The maximum Gasteiger partial charge on any atom is 0.358 e. The normalized spacial score (nSPS) is 16.1. The molecule has 0 atom stereocenters. The molecule has 0 spiro atoms. The Labute approximate surface area is 122 Å². The van der Waals surface area contributed by atoms with E-state index in [-0.39, 0.29) is 5.69 Å². The smallest absolute Gasteiger partial charge is 0.358 e. The van der Waals surface area contributed by atoms with Gasteiger partial charge in [-0.25, -0.2) is 4.79 Å². The van der Waals surface area contributed by atoms with Crippen LogP contribution in [0.2, 0.25) is 0 Å². The third-order valence-electron chi connectivity index (χ3n) is 3.74. The fourth-order valence-electron chi connectivity index (χ4n) is 2.51. The quantitative estimate of drug-likeness (QED) is 0.928. The Morgan fingerprint density at radius 3 is 2.62 bits per heavy atom. The highest BCUT2D eigenvalue weighted by Gasteiger charge is 2.20. The van der Waals surface area contributed by atoms with Gasteiger partial charge in [0.15, 0.2) is 11.5 Å². The molecule has 0 aliphatic carbocycles. The maximum absolute atomic E-state index is 10.9. The highest BCUT2D eigenvalue weighted by Crippen LogP contribution is 2.31. The van der Waals surface area contributed by atoms with Crippen LogP contribution in [0.4, 0.5) is 5.69 Å². The number of benzene rings is 1. The van der Waals surface area contributed by atoms with Crippen LogP contribution in [0.5, 0.6) is 0 Å². The predicted molar refractivity (Wildman–Crippen MR) is 78.6 cm³/mol. The lowest BCUT2D eigenvalue weighted by molar-refractivity contribution is 0.0686. The molecule has 1 aliphatic rings. The zero-order valence-electron chi connectivity index (χ0n) is 11.8. The highest BCUT2D eigenvalue weighted by molar-refractivity contribution is 5.87. The first-order chi connectivity index (χ1) is 10.1. The van der Waals surface area contributed by atoms with Crippen LogP contribution in [0.15, 0.2) is 34.9 Å². The maximum atomic E-state index is 10.9. The van der Waals surface area contributed by atoms with Crippen molar-refractivity contribution in [2.24, 2.45) is 0 Å². The van der Waals surface area contributed by atoms with Crippen LogP contribution in [0.25, 0.3) is 11.3 Å². The van der Waals surface area contributed by atoms with Crippen LogP contribution in [0.3, 0.4) is 0 Å². The third kappa shape index (κ3) is 2.75. The van der Waals surface area contributed by atoms with E-state index in [0.717, 1.165) is 37.4 Å². The summed E-state index contributed by atoms with van der Waals surface area (Å²) in [7, 11) is 2.11. The van der Waals surface area contributed by atoms with Crippen molar-refractivity contribution in [2.45, 2.75) is 0 Å². The van der Waals surface area contributed by atoms with Gasteiger partial charge < -0.3 is 19.4 Å². The number of para-hydroxylation sites is 1. The number of hydrogen-bond acceptors (Lipinski definition) is 5. The minimum absolute atomic E-state index is 0.0711. The second-order valence-electron chi connectivity index (χ2n) is 5.19. The molecule has 6 nitrogen and oxygen atoms in total. The first-order valence-electron chi connectivity index (χ1n) is 6.88. The molecule has 0 bridgehead atoms. The van der Waals surface area contributed by atoms with Crippen molar-refractivity contribution >= 4 is 11.7 Å². The fourth-order valence-corrected chi connectivity index (χ4v) is 2.51. The first kappa shape index (κ1) is 13.6. The first-order valence-corrected chi connectivity index (χ1v) is 6.88. The second kappa shape index (κ2) is 5.57. The minimum atomic E-state index is -1.08. The Kier molecular flexibility index (Phi) is 3.62. The van der Waals surface area contributed by atoms with Crippen molar-refractivity contribution in [3.63, 3.8) is 0 Å². The van der Waals surface area contributed by atoms with Gasteiger partial charge in [0.25, 0.3) is 0 Å². The van der Waals surface area contributed by atoms with E-state index in [1.165, 1.54) is 6.07 Å². The molecule has 2 heterocycles. The van der Waals surface area contributed by atoms with Gasteiger partial charge in [0.2, 0.25) is 0 Å². The molecule has 0 amide bonds. The Morgan fingerprint density at radius 1 is 1.24 bits per heavy atom. The lowest BCUT2D eigenvalue weighted by atomic mass is 10.1. The molecular weight excluding hydrogens is 270 g/mol. The third-order valence-corrected chi connectivity index (χ3v) is 3.74. The summed E-state index contributed by atoms with van der Waals surface area (Å²) in [4.78, 5) is 15.5. The zero-order valence-corrected chi connectivity index (χ0v) is 11.8. The molecular formula is C15H17N3O3. The van der Waals surface area contributed by atoms with E-state index < -0.39 is 5.97 Å². The molecule has 0 saturated carbocycles. The molecule has 21 heavy (non-hydrogen) atoms. The van der Waals surface area contributed by atoms with E-state index in [4.69, 9.17) is 9.63 Å². The number of carbonyl (C=O) groups is 1. The number of rotatable bonds is 3. The van der Waals surface area contributed by atoms with Gasteiger partial charge in [-0.1, -0.05) is 17.3 Å². The molecule has 0 radical (unpaired) electrons. The Morgan fingerprint density at radius 2 is 1.95 bits per heavy atom. The molecule has 1 aliphatic heterocycles. The summed E-state index contributed by atoms with van der Waals surface area (Å²) in [5, 5.41) is 12.5. The van der Waals surface area contributed by atoms with Gasteiger partial charge in [-0.15, -0.1) is 0 Å². The number of carboxylic acid groups (broad SMARTS) is 1. The number of piperazine rings is 1. The number of aromatic carboxylic acids is 1. The van der Waals surface area contributed by atoms with Crippen molar-refractivity contribution in [2.75, 3.05) is 38.1 Å². The van der Waals surface area contributed by atoms with Crippen LogP contribution in [0, 0.1) is 0 Å². The van der Waals surface area contributed by atoms with Gasteiger partial charge >= 0.3 is 5.97 Å². The van der Waals surface area contributed by atoms with E-state index in [2.05, 4.69) is 22.0 Å². The van der Waals surface area contributed by atoms with Crippen molar-refractivity contribution in [3.8, 4) is 11.3 Å². The summed E-state index contributed by atoms with van der Waals surface area (Å²) < 4.78 is 5.20. The number of carboxylic acids is 1. The SMILES string of the molecule is CN1CCN(c2ccccc2-c2cc(C(=O)O)no2)CC1.